The van der Waals surface area contributed by atoms with Crippen LogP contribution in [0.15, 0.2) is 29.4 Å². The number of hydrogen-bond donors (Lipinski definition) is 2. The molecule has 0 saturated carbocycles. The van der Waals surface area contributed by atoms with Crippen LogP contribution in [0.4, 0.5) is 0 Å². The third kappa shape index (κ3) is 4.27. The lowest BCUT2D eigenvalue weighted by Crippen LogP contribution is -2.24. The lowest BCUT2D eigenvalue weighted by molar-refractivity contribution is 0.242. The minimum atomic E-state index is 0.123. The van der Waals surface area contributed by atoms with E-state index in [9.17, 15) is 0 Å². The quantitative estimate of drug-likeness (QED) is 0.475. The molecule has 3 N–H and O–H groups in total. The Morgan fingerprint density at radius 1 is 1.50 bits per heavy atom. The molecule has 1 aromatic carbocycles. The van der Waals surface area contributed by atoms with Crippen molar-refractivity contribution in [2.75, 3.05) is 0 Å². The van der Waals surface area contributed by atoms with E-state index < -0.39 is 0 Å². The molecule has 86 valence electrons. The van der Waals surface area contributed by atoms with Crippen LogP contribution in [0, 0.1) is 0 Å². The maximum atomic E-state index is 5.62. The van der Waals surface area contributed by atoms with Gasteiger partial charge in [0.15, 0.2) is 5.11 Å². The molecule has 0 amide bonds. The molecule has 0 radical (unpaired) electrons. The van der Waals surface area contributed by atoms with E-state index in [2.05, 4.69) is 22.7 Å². The number of rotatable bonds is 4. The number of nitrogens with zero attached hydrogens (tertiary/aromatic N) is 1. The van der Waals surface area contributed by atoms with Gasteiger partial charge in [-0.3, -0.25) is 5.43 Å². The Kier molecular flexibility index (Phi) is 4.72. The lowest BCUT2D eigenvalue weighted by Gasteiger charge is -2.11. The SMILES string of the molecule is CC(C)Oc1ccccc1/C=N\NC(N)=S. The van der Waals surface area contributed by atoms with E-state index >= 15 is 0 Å². The van der Waals surface area contributed by atoms with Crippen molar-refractivity contribution in [2.45, 2.75) is 20.0 Å². The molecule has 5 heteroatoms. The highest BCUT2D eigenvalue weighted by atomic mass is 32.1. The molecular weight excluding hydrogens is 222 g/mol. The molecular formula is C11H15N3OS. The van der Waals surface area contributed by atoms with Gasteiger partial charge in [0, 0.05) is 5.56 Å². The van der Waals surface area contributed by atoms with Gasteiger partial charge in [-0.25, -0.2) is 0 Å². The van der Waals surface area contributed by atoms with Crippen LogP contribution >= 0.6 is 12.2 Å². The summed E-state index contributed by atoms with van der Waals surface area (Å²) in [5.74, 6) is 0.783. The summed E-state index contributed by atoms with van der Waals surface area (Å²) in [6, 6.07) is 7.62. The second-order valence-corrected chi connectivity index (χ2v) is 3.88. The van der Waals surface area contributed by atoms with Crippen molar-refractivity contribution in [1.29, 1.82) is 0 Å². The zero-order valence-electron chi connectivity index (χ0n) is 9.31. The van der Waals surface area contributed by atoms with Gasteiger partial charge in [0.25, 0.3) is 0 Å². The second kappa shape index (κ2) is 6.07. The number of hydrazone groups is 1. The maximum absolute atomic E-state index is 5.62. The average Bonchev–Trinajstić information content (AvgIpc) is 2.19. The van der Waals surface area contributed by atoms with Crippen molar-refractivity contribution in [1.82, 2.24) is 5.43 Å². The fraction of sp³-hybridized carbons (Fsp3) is 0.273. The molecule has 0 aliphatic heterocycles. The van der Waals surface area contributed by atoms with Gasteiger partial charge in [-0.1, -0.05) is 12.1 Å². The van der Waals surface area contributed by atoms with Gasteiger partial charge in [-0.15, -0.1) is 0 Å². The minimum Gasteiger partial charge on any atom is -0.490 e. The maximum Gasteiger partial charge on any atom is 0.184 e. The number of thiocarbonyl (C=S) groups is 1. The first-order valence-corrected chi connectivity index (χ1v) is 5.34. The Hall–Kier alpha value is -1.62. The molecule has 0 heterocycles. The largest absolute Gasteiger partial charge is 0.490 e. The Balaban J connectivity index is 2.78. The molecule has 0 fully saturated rings. The minimum absolute atomic E-state index is 0.123. The first kappa shape index (κ1) is 12.4. The Bertz CT molecular complexity index is 391. The van der Waals surface area contributed by atoms with E-state index in [-0.39, 0.29) is 11.2 Å². The fourth-order valence-corrected chi connectivity index (χ4v) is 1.17. The molecule has 0 unspecified atom stereocenters. The summed E-state index contributed by atoms with van der Waals surface area (Å²) in [4.78, 5) is 0. The number of para-hydroxylation sites is 1. The molecule has 0 aliphatic carbocycles. The van der Waals surface area contributed by atoms with E-state index in [4.69, 9.17) is 10.5 Å². The van der Waals surface area contributed by atoms with Crippen LogP contribution in [0.5, 0.6) is 5.75 Å². The molecule has 0 aromatic heterocycles. The van der Waals surface area contributed by atoms with E-state index in [0.29, 0.717) is 0 Å². The summed E-state index contributed by atoms with van der Waals surface area (Å²) in [5, 5.41) is 4.03. The van der Waals surface area contributed by atoms with Gasteiger partial charge in [-0.05, 0) is 38.2 Å². The van der Waals surface area contributed by atoms with Crippen LogP contribution in [0.25, 0.3) is 0 Å². The van der Waals surface area contributed by atoms with Gasteiger partial charge in [0.1, 0.15) is 5.75 Å². The van der Waals surface area contributed by atoms with E-state index in [1.54, 1.807) is 6.21 Å². The first-order chi connectivity index (χ1) is 7.59. The van der Waals surface area contributed by atoms with Gasteiger partial charge < -0.3 is 10.5 Å². The van der Waals surface area contributed by atoms with Gasteiger partial charge in [-0.2, -0.15) is 5.10 Å². The van der Waals surface area contributed by atoms with Crippen LogP contribution < -0.4 is 15.9 Å². The highest BCUT2D eigenvalue weighted by Gasteiger charge is 2.02. The third-order valence-corrected chi connectivity index (χ3v) is 1.75. The van der Waals surface area contributed by atoms with E-state index in [1.165, 1.54) is 0 Å². The zero-order valence-corrected chi connectivity index (χ0v) is 10.1. The standard InChI is InChI=1S/C11H15N3OS/c1-8(2)15-10-6-4-3-5-9(10)7-13-14-11(12)16/h3-8H,1-2H3,(H3,12,14,16)/b13-7-. The highest BCUT2D eigenvalue weighted by molar-refractivity contribution is 7.80. The van der Waals surface area contributed by atoms with Gasteiger partial charge in [0.05, 0.1) is 12.3 Å². The van der Waals surface area contributed by atoms with Crippen molar-refractivity contribution in [3.63, 3.8) is 0 Å². The summed E-state index contributed by atoms with van der Waals surface area (Å²) in [6.07, 6.45) is 1.75. The van der Waals surface area contributed by atoms with Crippen LogP contribution in [0.1, 0.15) is 19.4 Å². The Morgan fingerprint density at radius 3 is 2.81 bits per heavy atom. The average molecular weight is 237 g/mol. The molecule has 0 saturated heterocycles. The van der Waals surface area contributed by atoms with E-state index in [1.807, 2.05) is 38.1 Å². The molecule has 0 bridgehead atoms. The summed E-state index contributed by atoms with van der Waals surface area (Å²) < 4.78 is 5.62. The summed E-state index contributed by atoms with van der Waals surface area (Å²) in [7, 11) is 0. The number of ether oxygens (including phenoxy) is 1. The number of nitrogens with one attached hydrogen (secondary N) is 1. The van der Waals surface area contributed by atoms with Gasteiger partial charge >= 0.3 is 0 Å². The van der Waals surface area contributed by atoms with Crippen molar-refractivity contribution in [2.24, 2.45) is 10.8 Å². The van der Waals surface area contributed by atoms with Crippen LogP contribution in [-0.2, 0) is 0 Å². The van der Waals surface area contributed by atoms with E-state index in [0.717, 1.165) is 11.3 Å². The first-order valence-electron chi connectivity index (χ1n) is 4.94. The molecule has 16 heavy (non-hydrogen) atoms. The molecule has 0 atom stereocenters. The predicted molar refractivity (Wildman–Crippen MR) is 69.7 cm³/mol. The molecule has 0 aliphatic rings. The number of nitrogens with two attached hydrogens (primary N) is 1. The number of benzene rings is 1. The van der Waals surface area contributed by atoms with Crippen LogP contribution in [0.2, 0.25) is 0 Å². The van der Waals surface area contributed by atoms with Crippen molar-refractivity contribution in [3.8, 4) is 5.75 Å². The monoisotopic (exact) mass is 237 g/mol. The molecule has 0 spiro atoms. The van der Waals surface area contributed by atoms with Crippen molar-refractivity contribution >= 4 is 23.5 Å². The summed E-state index contributed by atoms with van der Waals surface area (Å²) in [6.45, 7) is 3.95. The second-order valence-electron chi connectivity index (χ2n) is 3.44. The summed E-state index contributed by atoms with van der Waals surface area (Å²) in [5.41, 5.74) is 8.62. The normalized spacial score (nSPS) is 10.7. The van der Waals surface area contributed by atoms with Gasteiger partial charge in [0.2, 0.25) is 0 Å². The van der Waals surface area contributed by atoms with Crippen molar-refractivity contribution < 1.29 is 4.74 Å². The number of hydrogen-bond acceptors (Lipinski definition) is 3. The third-order valence-electron chi connectivity index (χ3n) is 1.66. The zero-order chi connectivity index (χ0) is 12.0. The Morgan fingerprint density at radius 2 is 2.19 bits per heavy atom. The highest BCUT2D eigenvalue weighted by Crippen LogP contribution is 2.17. The smallest absolute Gasteiger partial charge is 0.184 e. The molecule has 1 rings (SSSR count). The fourth-order valence-electron chi connectivity index (χ4n) is 1.11. The van der Waals surface area contributed by atoms with Crippen molar-refractivity contribution in [3.05, 3.63) is 29.8 Å². The molecule has 4 nitrogen and oxygen atoms in total. The lowest BCUT2D eigenvalue weighted by atomic mass is 10.2. The Labute approximate surface area is 100 Å². The van der Waals surface area contributed by atoms with Crippen LogP contribution in [-0.4, -0.2) is 17.4 Å². The summed E-state index contributed by atoms with van der Waals surface area (Å²) >= 11 is 4.64. The molecule has 1 aromatic rings. The topological polar surface area (TPSA) is 59.6 Å². The van der Waals surface area contributed by atoms with Crippen LogP contribution in [0.3, 0.4) is 0 Å². The predicted octanol–water partition coefficient (Wildman–Crippen LogP) is 1.64.